The zero-order valence-electron chi connectivity index (χ0n) is 15.0. The van der Waals surface area contributed by atoms with Crippen LogP contribution in [0, 0.1) is 0 Å². The molecule has 6 nitrogen and oxygen atoms in total. The monoisotopic (exact) mass is 353 g/mol. The lowest BCUT2D eigenvalue weighted by molar-refractivity contribution is -0.124. The van der Waals surface area contributed by atoms with Crippen LogP contribution in [0.3, 0.4) is 0 Å². The molecule has 0 spiro atoms. The quantitative estimate of drug-likeness (QED) is 0.222. The first-order valence-electron chi connectivity index (χ1n) is 8.23. The van der Waals surface area contributed by atoms with Crippen LogP contribution in [-0.4, -0.2) is 28.2 Å². The molecule has 136 valence electrons. The van der Waals surface area contributed by atoms with Crippen molar-refractivity contribution in [3.63, 3.8) is 0 Å². The molecule has 1 aromatic heterocycles. The molecule has 0 unspecified atom stereocenters. The van der Waals surface area contributed by atoms with Gasteiger partial charge in [0.25, 0.3) is 5.91 Å². The first-order chi connectivity index (χ1) is 12.6. The standard InChI is InChI=1S/C20H23N3O3/c1-4-14(12-16(5-2)26-3)7-10-19-21-17-9-6-15(13-18(17)22-19)8-11-20(24)23-25/h4-6,8-9,11-13,25H,1,7,10H2,2-3H3,(H,21,22)(H,23,24)/b11-8+,14-12+,16-5+. The third-order valence-electron chi connectivity index (χ3n) is 3.85. The number of ether oxygens (including phenoxy) is 1. The lowest BCUT2D eigenvalue weighted by Crippen LogP contribution is -2.14. The Morgan fingerprint density at radius 3 is 2.92 bits per heavy atom. The maximum Gasteiger partial charge on any atom is 0.267 e. The van der Waals surface area contributed by atoms with Gasteiger partial charge in [0.15, 0.2) is 0 Å². The lowest BCUT2D eigenvalue weighted by Gasteiger charge is -2.03. The van der Waals surface area contributed by atoms with E-state index in [-0.39, 0.29) is 0 Å². The summed E-state index contributed by atoms with van der Waals surface area (Å²) in [5.74, 6) is 1.10. The highest BCUT2D eigenvalue weighted by Gasteiger charge is 2.05. The highest BCUT2D eigenvalue weighted by Crippen LogP contribution is 2.17. The van der Waals surface area contributed by atoms with Crippen molar-refractivity contribution >= 4 is 23.0 Å². The van der Waals surface area contributed by atoms with E-state index in [1.54, 1.807) is 18.7 Å². The molecule has 1 amide bonds. The molecular formula is C20H23N3O3. The van der Waals surface area contributed by atoms with Crippen LogP contribution in [0.1, 0.15) is 24.7 Å². The van der Waals surface area contributed by atoms with Crippen LogP contribution in [0.25, 0.3) is 17.1 Å². The van der Waals surface area contributed by atoms with E-state index in [1.807, 2.05) is 43.4 Å². The number of methoxy groups -OCH3 is 1. The number of benzene rings is 1. The summed E-state index contributed by atoms with van der Waals surface area (Å²) in [4.78, 5) is 18.9. The maximum atomic E-state index is 11.1. The van der Waals surface area contributed by atoms with Crippen LogP contribution in [-0.2, 0) is 16.0 Å². The number of H-pyrrole nitrogens is 1. The Hall–Kier alpha value is -3.12. The lowest BCUT2D eigenvalue weighted by atomic mass is 10.1. The van der Waals surface area contributed by atoms with E-state index in [0.29, 0.717) is 0 Å². The van der Waals surface area contributed by atoms with Gasteiger partial charge < -0.3 is 9.72 Å². The van der Waals surface area contributed by atoms with Gasteiger partial charge in [-0.3, -0.25) is 10.0 Å². The smallest absolute Gasteiger partial charge is 0.267 e. The minimum Gasteiger partial charge on any atom is -0.497 e. The van der Waals surface area contributed by atoms with Gasteiger partial charge in [-0.05, 0) is 54.8 Å². The van der Waals surface area contributed by atoms with E-state index >= 15 is 0 Å². The molecule has 0 aliphatic heterocycles. The molecule has 3 N–H and O–H groups in total. The Bertz CT molecular complexity index is 876. The number of nitrogens with one attached hydrogen (secondary N) is 2. The van der Waals surface area contributed by atoms with Gasteiger partial charge >= 0.3 is 0 Å². The topological polar surface area (TPSA) is 87.2 Å². The number of aromatic nitrogens is 2. The largest absolute Gasteiger partial charge is 0.497 e. The van der Waals surface area contributed by atoms with Crippen LogP contribution < -0.4 is 5.48 Å². The first kappa shape index (κ1) is 19.2. The van der Waals surface area contributed by atoms with E-state index < -0.39 is 5.91 Å². The number of imidazole rings is 1. The summed E-state index contributed by atoms with van der Waals surface area (Å²) in [5, 5.41) is 8.51. The molecule has 6 heteroatoms. The number of rotatable bonds is 8. The second-order valence-electron chi connectivity index (χ2n) is 5.59. The van der Waals surface area contributed by atoms with Gasteiger partial charge in [0.1, 0.15) is 11.6 Å². The highest BCUT2D eigenvalue weighted by molar-refractivity contribution is 5.91. The fourth-order valence-corrected chi connectivity index (χ4v) is 2.45. The molecule has 0 fully saturated rings. The van der Waals surface area contributed by atoms with Crippen molar-refractivity contribution in [2.24, 2.45) is 0 Å². The predicted octanol–water partition coefficient (Wildman–Crippen LogP) is 3.68. The van der Waals surface area contributed by atoms with Gasteiger partial charge in [0.05, 0.1) is 18.1 Å². The maximum absolute atomic E-state index is 11.1. The van der Waals surface area contributed by atoms with Crippen molar-refractivity contribution in [1.82, 2.24) is 15.4 Å². The third kappa shape index (κ3) is 5.19. The Morgan fingerprint density at radius 1 is 1.46 bits per heavy atom. The number of hydroxylamine groups is 1. The Labute approximate surface area is 152 Å². The number of amides is 1. The summed E-state index contributed by atoms with van der Waals surface area (Å²) in [6, 6.07) is 5.65. The summed E-state index contributed by atoms with van der Waals surface area (Å²) in [5.41, 5.74) is 5.21. The molecule has 1 aromatic carbocycles. The summed E-state index contributed by atoms with van der Waals surface area (Å²) < 4.78 is 5.26. The second-order valence-corrected chi connectivity index (χ2v) is 5.59. The predicted molar refractivity (Wildman–Crippen MR) is 102 cm³/mol. The minimum absolute atomic E-state index is 0.573. The second kappa shape index (κ2) is 9.39. The number of allylic oxidation sites excluding steroid dienone is 4. The molecule has 2 aromatic rings. The molecule has 26 heavy (non-hydrogen) atoms. The van der Waals surface area contributed by atoms with Crippen LogP contribution >= 0.6 is 0 Å². The SMILES string of the molecule is C=C/C(=C\C(=C/C)OC)CCc1nc2ccc(/C=C/C(=O)NO)cc2[nH]1. The molecule has 0 aliphatic carbocycles. The van der Waals surface area contributed by atoms with Crippen LogP contribution in [0.5, 0.6) is 0 Å². The zero-order valence-corrected chi connectivity index (χ0v) is 15.0. The van der Waals surface area contributed by atoms with E-state index in [0.717, 1.165) is 46.6 Å². The number of nitrogens with zero attached hydrogens (tertiary/aromatic N) is 1. The van der Waals surface area contributed by atoms with Crippen molar-refractivity contribution in [3.05, 3.63) is 71.8 Å². The van der Waals surface area contributed by atoms with Gasteiger partial charge in [0, 0.05) is 12.5 Å². The highest BCUT2D eigenvalue weighted by atomic mass is 16.5. The first-order valence-corrected chi connectivity index (χ1v) is 8.23. The average Bonchev–Trinajstić information content (AvgIpc) is 3.08. The van der Waals surface area contributed by atoms with Gasteiger partial charge in [-0.2, -0.15) is 0 Å². The Balaban J connectivity index is 2.12. The molecule has 0 aliphatic rings. The Kier molecular flexibility index (Phi) is 6.93. The van der Waals surface area contributed by atoms with Gasteiger partial charge in [-0.1, -0.05) is 18.7 Å². The fourth-order valence-electron chi connectivity index (χ4n) is 2.45. The number of carbonyl (C=O) groups excluding carboxylic acids is 1. The molecule has 0 saturated carbocycles. The van der Waals surface area contributed by atoms with Gasteiger partial charge in [-0.25, -0.2) is 10.5 Å². The number of aromatic amines is 1. The summed E-state index contributed by atoms with van der Waals surface area (Å²) in [7, 11) is 1.64. The van der Waals surface area contributed by atoms with E-state index in [9.17, 15) is 4.79 Å². The number of carbonyl (C=O) groups is 1. The van der Waals surface area contributed by atoms with Crippen LogP contribution in [0.2, 0.25) is 0 Å². The number of aryl methyl sites for hydroxylation is 1. The molecular weight excluding hydrogens is 330 g/mol. The summed E-state index contributed by atoms with van der Waals surface area (Å²) >= 11 is 0. The van der Waals surface area contributed by atoms with Crippen molar-refractivity contribution in [1.29, 1.82) is 0 Å². The molecule has 2 rings (SSSR count). The number of hydrogen-bond acceptors (Lipinski definition) is 4. The third-order valence-corrected chi connectivity index (χ3v) is 3.85. The van der Waals surface area contributed by atoms with Crippen LogP contribution in [0.15, 0.2) is 60.4 Å². The number of fused-ring (bicyclic) bond motifs is 1. The van der Waals surface area contributed by atoms with Crippen molar-refractivity contribution in [2.75, 3.05) is 7.11 Å². The molecule has 0 radical (unpaired) electrons. The van der Waals surface area contributed by atoms with Gasteiger partial charge in [-0.15, -0.1) is 0 Å². The fraction of sp³-hybridized carbons (Fsp3) is 0.200. The van der Waals surface area contributed by atoms with Crippen LogP contribution in [0.4, 0.5) is 0 Å². The summed E-state index contributed by atoms with van der Waals surface area (Å²) in [6.45, 7) is 5.77. The normalized spacial score (nSPS) is 12.6. The molecule has 0 saturated heterocycles. The van der Waals surface area contributed by atoms with E-state index in [1.165, 1.54) is 6.08 Å². The molecule has 1 heterocycles. The van der Waals surface area contributed by atoms with Crippen molar-refractivity contribution < 1.29 is 14.7 Å². The van der Waals surface area contributed by atoms with Crippen molar-refractivity contribution in [3.8, 4) is 0 Å². The zero-order chi connectivity index (χ0) is 18.9. The molecule has 0 bridgehead atoms. The molecule has 0 atom stereocenters. The Morgan fingerprint density at radius 2 is 2.27 bits per heavy atom. The van der Waals surface area contributed by atoms with E-state index in [2.05, 4.69) is 16.5 Å². The average molecular weight is 353 g/mol. The minimum atomic E-state index is -0.573. The van der Waals surface area contributed by atoms with E-state index in [4.69, 9.17) is 9.94 Å². The summed E-state index contributed by atoms with van der Waals surface area (Å²) in [6.07, 6.45) is 10.1. The van der Waals surface area contributed by atoms with Crippen molar-refractivity contribution in [2.45, 2.75) is 19.8 Å². The number of hydrogen-bond donors (Lipinski definition) is 3. The van der Waals surface area contributed by atoms with Gasteiger partial charge in [0.2, 0.25) is 0 Å².